The summed E-state index contributed by atoms with van der Waals surface area (Å²) in [5.74, 6) is -1.46. The molecule has 3 nitrogen and oxygen atoms in total. The van der Waals surface area contributed by atoms with Gasteiger partial charge in [-0.3, -0.25) is 9.59 Å². The SMILES string of the molecule is C[C@H](C(=O)O)c1ccc(C(=O)c2ccc(I)s2)cc1. The normalized spacial score (nSPS) is 12.1. The molecule has 0 bridgehead atoms. The topological polar surface area (TPSA) is 54.4 Å². The Bertz CT molecular complexity index is 616. The highest BCUT2D eigenvalue weighted by molar-refractivity contribution is 14.1. The number of carboxylic acids is 1. The lowest BCUT2D eigenvalue weighted by Crippen LogP contribution is -2.07. The summed E-state index contributed by atoms with van der Waals surface area (Å²) in [6.07, 6.45) is 0. The number of hydrogen-bond donors (Lipinski definition) is 1. The molecule has 1 N–H and O–H groups in total. The molecule has 2 rings (SSSR count). The lowest BCUT2D eigenvalue weighted by molar-refractivity contribution is -0.138. The number of benzene rings is 1. The second kappa shape index (κ2) is 5.83. The summed E-state index contributed by atoms with van der Waals surface area (Å²) >= 11 is 3.62. The van der Waals surface area contributed by atoms with Crippen molar-refractivity contribution in [1.82, 2.24) is 0 Å². The van der Waals surface area contributed by atoms with E-state index < -0.39 is 11.9 Å². The minimum atomic E-state index is -0.869. The van der Waals surface area contributed by atoms with E-state index in [1.807, 2.05) is 12.1 Å². The van der Waals surface area contributed by atoms with Crippen LogP contribution in [0.5, 0.6) is 0 Å². The van der Waals surface area contributed by atoms with E-state index in [-0.39, 0.29) is 5.78 Å². The highest BCUT2D eigenvalue weighted by atomic mass is 127. The Labute approximate surface area is 128 Å². The summed E-state index contributed by atoms with van der Waals surface area (Å²) in [6, 6.07) is 10.5. The van der Waals surface area contributed by atoms with Crippen LogP contribution in [0.1, 0.15) is 33.6 Å². The van der Waals surface area contributed by atoms with Crippen molar-refractivity contribution in [3.8, 4) is 0 Å². The van der Waals surface area contributed by atoms with Crippen LogP contribution < -0.4 is 0 Å². The van der Waals surface area contributed by atoms with E-state index in [9.17, 15) is 9.59 Å². The molecule has 0 aliphatic carbocycles. The number of thiophene rings is 1. The van der Waals surface area contributed by atoms with Crippen LogP contribution in [0.15, 0.2) is 36.4 Å². The number of halogens is 1. The van der Waals surface area contributed by atoms with E-state index in [1.165, 1.54) is 11.3 Å². The molecule has 5 heteroatoms. The maximum atomic E-state index is 12.2. The summed E-state index contributed by atoms with van der Waals surface area (Å²) in [4.78, 5) is 23.7. The molecule has 0 unspecified atom stereocenters. The molecular weight excluding hydrogens is 375 g/mol. The van der Waals surface area contributed by atoms with Crippen molar-refractivity contribution in [2.45, 2.75) is 12.8 Å². The number of carbonyl (C=O) groups excluding carboxylic acids is 1. The third-order valence-corrected chi connectivity index (χ3v) is 4.73. The highest BCUT2D eigenvalue weighted by Crippen LogP contribution is 2.22. The van der Waals surface area contributed by atoms with Crippen molar-refractivity contribution in [3.63, 3.8) is 0 Å². The quantitative estimate of drug-likeness (QED) is 0.643. The predicted molar refractivity (Wildman–Crippen MR) is 83.0 cm³/mol. The molecular formula is C14H11IO3S. The van der Waals surface area contributed by atoms with E-state index in [0.717, 1.165) is 2.88 Å². The Hall–Kier alpha value is -1.21. The van der Waals surface area contributed by atoms with Crippen molar-refractivity contribution in [2.24, 2.45) is 0 Å². The zero-order valence-corrected chi connectivity index (χ0v) is 13.1. The lowest BCUT2D eigenvalue weighted by atomic mass is 9.99. The van der Waals surface area contributed by atoms with E-state index in [2.05, 4.69) is 22.6 Å². The van der Waals surface area contributed by atoms with Gasteiger partial charge in [-0.15, -0.1) is 11.3 Å². The highest BCUT2D eigenvalue weighted by Gasteiger charge is 2.15. The van der Waals surface area contributed by atoms with Gasteiger partial charge in [0.2, 0.25) is 5.78 Å². The van der Waals surface area contributed by atoms with Crippen LogP contribution in [0.4, 0.5) is 0 Å². The standard InChI is InChI=1S/C14H11IO3S/c1-8(14(17)18)9-2-4-10(5-3-9)13(16)11-6-7-12(15)19-11/h2-8H,1H3,(H,17,18)/t8-/m0/s1. The Morgan fingerprint density at radius 1 is 1.16 bits per heavy atom. The fourth-order valence-corrected chi connectivity index (χ4v) is 3.23. The van der Waals surface area contributed by atoms with Gasteiger partial charge in [-0.2, -0.15) is 0 Å². The third kappa shape index (κ3) is 3.22. The lowest BCUT2D eigenvalue weighted by Gasteiger charge is -2.06. The molecule has 1 atom stereocenters. The van der Waals surface area contributed by atoms with Gasteiger partial charge >= 0.3 is 5.97 Å². The number of carbonyl (C=O) groups is 2. The van der Waals surface area contributed by atoms with Crippen molar-refractivity contribution in [3.05, 3.63) is 55.3 Å². The minimum absolute atomic E-state index is 0.0255. The van der Waals surface area contributed by atoms with Crippen LogP contribution in [0.25, 0.3) is 0 Å². The maximum absolute atomic E-state index is 12.2. The van der Waals surface area contributed by atoms with Crippen molar-refractivity contribution in [2.75, 3.05) is 0 Å². The van der Waals surface area contributed by atoms with Crippen LogP contribution in [0.2, 0.25) is 0 Å². The van der Waals surface area contributed by atoms with Gasteiger partial charge in [0.1, 0.15) is 0 Å². The maximum Gasteiger partial charge on any atom is 0.310 e. The number of ketones is 1. The van der Waals surface area contributed by atoms with Crippen molar-refractivity contribution in [1.29, 1.82) is 0 Å². The molecule has 1 heterocycles. The Balaban J connectivity index is 2.23. The van der Waals surface area contributed by atoms with Crippen LogP contribution in [-0.2, 0) is 4.79 Å². The fourth-order valence-electron chi connectivity index (χ4n) is 1.64. The first kappa shape index (κ1) is 14.2. The second-order valence-corrected chi connectivity index (χ2v) is 7.09. The Morgan fingerprint density at radius 2 is 1.79 bits per heavy atom. The van der Waals surface area contributed by atoms with Crippen molar-refractivity contribution < 1.29 is 14.7 Å². The summed E-state index contributed by atoms with van der Waals surface area (Å²) in [6.45, 7) is 1.63. The van der Waals surface area contributed by atoms with E-state index in [0.29, 0.717) is 16.0 Å². The number of rotatable bonds is 4. The van der Waals surface area contributed by atoms with Crippen LogP contribution in [0, 0.1) is 2.88 Å². The fraction of sp³-hybridized carbons (Fsp3) is 0.143. The van der Waals surface area contributed by atoms with Gasteiger partial charge in [0.25, 0.3) is 0 Å². The summed E-state index contributed by atoms with van der Waals surface area (Å²) in [5, 5.41) is 8.93. The minimum Gasteiger partial charge on any atom is -0.481 e. The molecule has 0 saturated carbocycles. The van der Waals surface area contributed by atoms with Crippen LogP contribution in [-0.4, -0.2) is 16.9 Å². The smallest absolute Gasteiger partial charge is 0.310 e. The number of aliphatic carboxylic acids is 1. The average molecular weight is 386 g/mol. The van der Waals surface area contributed by atoms with Gasteiger partial charge in [-0.1, -0.05) is 24.3 Å². The first-order valence-corrected chi connectivity index (χ1v) is 7.51. The van der Waals surface area contributed by atoms with E-state index in [1.54, 1.807) is 31.2 Å². The molecule has 0 spiro atoms. The molecule has 0 aliphatic rings. The first-order chi connectivity index (χ1) is 8.99. The molecule has 1 aromatic carbocycles. The zero-order valence-electron chi connectivity index (χ0n) is 10.1. The summed E-state index contributed by atoms with van der Waals surface area (Å²) < 4.78 is 1.07. The Kier molecular flexibility index (Phi) is 4.36. The Morgan fingerprint density at radius 3 is 2.26 bits per heavy atom. The molecule has 2 aromatic rings. The molecule has 0 aliphatic heterocycles. The summed E-state index contributed by atoms with van der Waals surface area (Å²) in [7, 11) is 0. The summed E-state index contributed by atoms with van der Waals surface area (Å²) in [5.41, 5.74) is 1.28. The predicted octanol–water partition coefficient (Wildman–Crippen LogP) is 3.77. The van der Waals surface area contributed by atoms with Gasteiger partial charge in [-0.25, -0.2) is 0 Å². The number of carboxylic acid groups (broad SMARTS) is 1. The monoisotopic (exact) mass is 386 g/mol. The van der Waals surface area contributed by atoms with Gasteiger partial charge < -0.3 is 5.11 Å². The van der Waals surface area contributed by atoms with Gasteiger partial charge in [-0.05, 0) is 47.2 Å². The molecule has 0 fully saturated rings. The van der Waals surface area contributed by atoms with E-state index in [4.69, 9.17) is 5.11 Å². The number of hydrogen-bond acceptors (Lipinski definition) is 3. The average Bonchev–Trinajstić information content (AvgIpc) is 2.84. The second-order valence-electron chi connectivity index (χ2n) is 4.11. The van der Waals surface area contributed by atoms with E-state index >= 15 is 0 Å². The molecule has 19 heavy (non-hydrogen) atoms. The van der Waals surface area contributed by atoms with Gasteiger partial charge in [0.05, 0.1) is 13.7 Å². The largest absolute Gasteiger partial charge is 0.481 e. The molecule has 0 saturated heterocycles. The third-order valence-electron chi connectivity index (χ3n) is 2.84. The first-order valence-electron chi connectivity index (χ1n) is 5.62. The molecule has 98 valence electrons. The van der Waals surface area contributed by atoms with Crippen LogP contribution >= 0.6 is 33.9 Å². The molecule has 1 aromatic heterocycles. The van der Waals surface area contributed by atoms with Crippen LogP contribution in [0.3, 0.4) is 0 Å². The van der Waals surface area contributed by atoms with Gasteiger partial charge in [0, 0.05) is 5.56 Å². The molecule has 0 amide bonds. The zero-order chi connectivity index (χ0) is 14.0. The van der Waals surface area contributed by atoms with Gasteiger partial charge in [0.15, 0.2) is 0 Å². The van der Waals surface area contributed by atoms with Crippen molar-refractivity contribution >= 4 is 45.7 Å². The molecule has 0 radical (unpaired) electrons.